The van der Waals surface area contributed by atoms with Crippen LogP contribution in [0.2, 0.25) is 0 Å². The van der Waals surface area contributed by atoms with E-state index in [0.717, 1.165) is 18.7 Å². The number of likely N-dealkylation sites (N-methyl/N-ethyl adjacent to an activating group) is 2. The van der Waals surface area contributed by atoms with Crippen LogP contribution in [0.1, 0.15) is 31.2 Å². The van der Waals surface area contributed by atoms with E-state index in [1.54, 1.807) is 0 Å². The predicted molar refractivity (Wildman–Crippen MR) is 84.6 cm³/mol. The van der Waals surface area contributed by atoms with Gasteiger partial charge in [0.2, 0.25) is 0 Å². The first kappa shape index (κ1) is 16.0. The summed E-state index contributed by atoms with van der Waals surface area (Å²) < 4.78 is 0. The monoisotopic (exact) mass is 290 g/mol. The molecule has 2 rings (SSSR count). The van der Waals surface area contributed by atoms with Crippen molar-refractivity contribution < 1.29 is 9.90 Å². The highest BCUT2D eigenvalue weighted by atomic mass is 16.4. The molecule has 1 aromatic rings. The Balaban J connectivity index is 1.96. The van der Waals surface area contributed by atoms with Gasteiger partial charge in [-0.1, -0.05) is 37.3 Å². The average Bonchev–Trinajstić information content (AvgIpc) is 2.92. The van der Waals surface area contributed by atoms with Crippen molar-refractivity contribution in [1.29, 1.82) is 0 Å². The Labute approximate surface area is 127 Å². The van der Waals surface area contributed by atoms with Crippen LogP contribution in [0.4, 0.5) is 0 Å². The first-order valence-corrected chi connectivity index (χ1v) is 7.82. The Bertz CT molecular complexity index is 449. The molecule has 1 heterocycles. The van der Waals surface area contributed by atoms with Crippen LogP contribution in [0.25, 0.3) is 0 Å². The van der Waals surface area contributed by atoms with Crippen molar-refractivity contribution in [1.82, 2.24) is 9.80 Å². The van der Waals surface area contributed by atoms with Gasteiger partial charge in [-0.05, 0) is 38.5 Å². The molecule has 1 aliphatic rings. The van der Waals surface area contributed by atoms with Gasteiger partial charge in [-0.25, -0.2) is 0 Å². The van der Waals surface area contributed by atoms with Crippen molar-refractivity contribution in [2.75, 3.05) is 33.2 Å². The van der Waals surface area contributed by atoms with Crippen LogP contribution in [-0.4, -0.2) is 60.1 Å². The molecule has 1 aliphatic heterocycles. The lowest BCUT2D eigenvalue weighted by Crippen LogP contribution is -2.40. The van der Waals surface area contributed by atoms with Crippen molar-refractivity contribution in [3.63, 3.8) is 0 Å². The number of nitrogens with zero attached hydrogens (tertiary/aromatic N) is 2. The van der Waals surface area contributed by atoms with Crippen LogP contribution >= 0.6 is 0 Å². The fourth-order valence-corrected chi connectivity index (χ4v) is 3.28. The second kappa shape index (κ2) is 7.57. The normalized spacial score (nSPS) is 20.8. The summed E-state index contributed by atoms with van der Waals surface area (Å²) in [6.07, 6.45) is 2.48. The van der Waals surface area contributed by atoms with E-state index in [0.29, 0.717) is 12.6 Å². The molecule has 0 amide bonds. The van der Waals surface area contributed by atoms with Crippen LogP contribution in [-0.2, 0) is 4.79 Å². The predicted octanol–water partition coefficient (Wildman–Crippen LogP) is 2.27. The number of hydrogen-bond donors (Lipinski definition) is 1. The molecule has 1 aromatic carbocycles. The van der Waals surface area contributed by atoms with Gasteiger partial charge in [-0.15, -0.1) is 0 Å². The Hall–Kier alpha value is -1.39. The molecular formula is C17H26N2O2. The Morgan fingerprint density at radius 1 is 1.43 bits per heavy atom. The number of carboxylic acids is 1. The smallest absolute Gasteiger partial charge is 0.312 e. The van der Waals surface area contributed by atoms with Gasteiger partial charge in [0.25, 0.3) is 0 Å². The summed E-state index contributed by atoms with van der Waals surface area (Å²) in [5, 5.41) is 9.50. The SMILES string of the molecule is CCN1CCCC1CN(C)CC(C(=O)O)c1ccccc1. The third-order valence-electron chi connectivity index (χ3n) is 4.42. The number of likely N-dealkylation sites (tertiary alicyclic amines) is 1. The number of carboxylic acid groups (broad SMARTS) is 1. The summed E-state index contributed by atoms with van der Waals surface area (Å²) >= 11 is 0. The zero-order chi connectivity index (χ0) is 15.2. The molecule has 4 nitrogen and oxygen atoms in total. The van der Waals surface area contributed by atoms with Gasteiger partial charge in [0.1, 0.15) is 0 Å². The van der Waals surface area contributed by atoms with E-state index in [4.69, 9.17) is 0 Å². The van der Waals surface area contributed by atoms with E-state index in [-0.39, 0.29) is 0 Å². The molecule has 2 unspecified atom stereocenters. The number of rotatable bonds is 7. The highest BCUT2D eigenvalue weighted by molar-refractivity contribution is 5.76. The van der Waals surface area contributed by atoms with Crippen LogP contribution in [0, 0.1) is 0 Å². The number of hydrogen-bond acceptors (Lipinski definition) is 3. The van der Waals surface area contributed by atoms with Crippen molar-refractivity contribution in [2.24, 2.45) is 0 Å². The van der Waals surface area contributed by atoms with Gasteiger partial charge in [0, 0.05) is 19.1 Å². The maximum atomic E-state index is 11.6. The van der Waals surface area contributed by atoms with Crippen LogP contribution in [0.3, 0.4) is 0 Å². The highest BCUT2D eigenvalue weighted by Crippen LogP contribution is 2.20. The van der Waals surface area contributed by atoms with Crippen LogP contribution in [0.5, 0.6) is 0 Å². The van der Waals surface area contributed by atoms with Gasteiger partial charge < -0.3 is 10.0 Å². The molecule has 0 bridgehead atoms. The molecule has 2 atom stereocenters. The standard InChI is InChI=1S/C17H26N2O2/c1-3-19-11-7-10-15(19)12-18(2)13-16(17(20)21)14-8-5-4-6-9-14/h4-6,8-9,15-16H,3,7,10-13H2,1-2H3,(H,20,21). The van der Waals surface area contributed by atoms with Crippen molar-refractivity contribution in [3.8, 4) is 0 Å². The van der Waals surface area contributed by atoms with E-state index in [1.807, 2.05) is 37.4 Å². The lowest BCUT2D eigenvalue weighted by molar-refractivity contribution is -0.139. The minimum absolute atomic E-state index is 0.451. The Kier molecular flexibility index (Phi) is 5.76. The van der Waals surface area contributed by atoms with E-state index >= 15 is 0 Å². The molecule has 0 spiro atoms. The first-order valence-electron chi connectivity index (χ1n) is 7.82. The van der Waals surface area contributed by atoms with E-state index < -0.39 is 11.9 Å². The maximum absolute atomic E-state index is 11.6. The third kappa shape index (κ3) is 4.29. The molecule has 21 heavy (non-hydrogen) atoms. The summed E-state index contributed by atoms with van der Waals surface area (Å²) in [6.45, 7) is 5.97. The second-order valence-corrected chi connectivity index (χ2v) is 5.95. The van der Waals surface area contributed by atoms with E-state index in [2.05, 4.69) is 16.7 Å². The largest absolute Gasteiger partial charge is 0.481 e. The molecular weight excluding hydrogens is 264 g/mol. The number of benzene rings is 1. The average molecular weight is 290 g/mol. The van der Waals surface area contributed by atoms with Crippen LogP contribution < -0.4 is 0 Å². The summed E-state index contributed by atoms with van der Waals surface area (Å²) in [5.74, 6) is -1.19. The molecule has 116 valence electrons. The van der Waals surface area contributed by atoms with Crippen molar-refractivity contribution in [2.45, 2.75) is 31.7 Å². The van der Waals surface area contributed by atoms with Crippen molar-refractivity contribution in [3.05, 3.63) is 35.9 Å². The van der Waals surface area contributed by atoms with E-state index in [9.17, 15) is 9.90 Å². The number of aliphatic carboxylic acids is 1. The van der Waals surface area contributed by atoms with Crippen LogP contribution in [0.15, 0.2) is 30.3 Å². The van der Waals surface area contributed by atoms with Gasteiger partial charge in [0.15, 0.2) is 0 Å². The summed E-state index contributed by atoms with van der Waals surface area (Å²) in [5.41, 5.74) is 0.885. The minimum atomic E-state index is -0.744. The highest BCUT2D eigenvalue weighted by Gasteiger charge is 2.27. The van der Waals surface area contributed by atoms with E-state index in [1.165, 1.54) is 19.4 Å². The lowest BCUT2D eigenvalue weighted by atomic mass is 9.98. The fourth-order valence-electron chi connectivity index (χ4n) is 3.28. The molecule has 1 N–H and O–H groups in total. The number of carbonyl (C=O) groups is 1. The summed E-state index contributed by atoms with van der Waals surface area (Å²) in [6, 6.07) is 10.1. The Morgan fingerprint density at radius 3 is 2.76 bits per heavy atom. The minimum Gasteiger partial charge on any atom is -0.481 e. The molecule has 0 aliphatic carbocycles. The molecule has 0 aromatic heterocycles. The molecule has 4 heteroatoms. The zero-order valence-electron chi connectivity index (χ0n) is 13.0. The molecule has 1 fully saturated rings. The Morgan fingerprint density at radius 2 is 2.14 bits per heavy atom. The molecule has 1 saturated heterocycles. The van der Waals surface area contributed by atoms with Gasteiger partial charge >= 0.3 is 5.97 Å². The maximum Gasteiger partial charge on any atom is 0.312 e. The zero-order valence-corrected chi connectivity index (χ0v) is 13.0. The summed E-state index contributed by atoms with van der Waals surface area (Å²) in [7, 11) is 2.03. The second-order valence-electron chi connectivity index (χ2n) is 5.95. The van der Waals surface area contributed by atoms with Gasteiger partial charge in [0.05, 0.1) is 5.92 Å². The van der Waals surface area contributed by atoms with Crippen molar-refractivity contribution >= 4 is 5.97 Å². The van der Waals surface area contributed by atoms with Gasteiger partial charge in [-0.2, -0.15) is 0 Å². The molecule has 0 radical (unpaired) electrons. The topological polar surface area (TPSA) is 43.8 Å². The lowest BCUT2D eigenvalue weighted by Gasteiger charge is -2.29. The third-order valence-corrected chi connectivity index (χ3v) is 4.42. The summed E-state index contributed by atoms with van der Waals surface area (Å²) in [4.78, 5) is 16.2. The quantitative estimate of drug-likeness (QED) is 0.836. The molecule has 0 saturated carbocycles. The fraction of sp³-hybridized carbons (Fsp3) is 0.588. The first-order chi connectivity index (χ1) is 10.1. The van der Waals surface area contributed by atoms with Gasteiger partial charge in [-0.3, -0.25) is 9.69 Å².